The molecule has 0 radical (unpaired) electrons. The van der Waals surface area contributed by atoms with Gasteiger partial charge in [-0.15, -0.1) is 0 Å². The predicted molar refractivity (Wildman–Crippen MR) is 124 cm³/mol. The molecular formula is C24H23FN6O3. The Bertz CT molecular complexity index is 1350. The normalized spacial score (nSPS) is 15.6. The summed E-state index contributed by atoms with van der Waals surface area (Å²) in [6.45, 7) is 2.61. The van der Waals surface area contributed by atoms with Crippen LogP contribution in [0.25, 0.3) is 22.0 Å². The Morgan fingerprint density at radius 3 is 2.91 bits per heavy atom. The maximum atomic E-state index is 15.1. The zero-order chi connectivity index (χ0) is 23.7. The third-order valence-corrected chi connectivity index (χ3v) is 5.87. The van der Waals surface area contributed by atoms with Gasteiger partial charge in [-0.1, -0.05) is 6.07 Å². The summed E-state index contributed by atoms with van der Waals surface area (Å²) in [5.74, 6) is -0.632. The number of aromatic nitrogens is 4. The number of amides is 2. The third kappa shape index (κ3) is 4.34. The number of hydrogen-bond donors (Lipinski definition) is 2. The smallest absolute Gasteiger partial charge is 0.414 e. The van der Waals surface area contributed by atoms with Crippen LogP contribution >= 0.6 is 0 Å². The van der Waals surface area contributed by atoms with Gasteiger partial charge in [0.25, 0.3) is 0 Å². The fraction of sp³-hybridized carbons (Fsp3) is 0.250. The van der Waals surface area contributed by atoms with Gasteiger partial charge in [-0.3, -0.25) is 9.69 Å². The van der Waals surface area contributed by atoms with Crippen molar-refractivity contribution in [3.05, 3.63) is 66.4 Å². The summed E-state index contributed by atoms with van der Waals surface area (Å²) >= 11 is 0. The van der Waals surface area contributed by atoms with Gasteiger partial charge in [-0.25, -0.2) is 9.18 Å². The number of fused-ring (bicyclic) bond motifs is 1. The van der Waals surface area contributed by atoms with Gasteiger partial charge in [0.2, 0.25) is 5.91 Å². The van der Waals surface area contributed by atoms with Crippen LogP contribution in [-0.4, -0.2) is 51.2 Å². The van der Waals surface area contributed by atoms with E-state index in [0.717, 1.165) is 35.1 Å². The average molecular weight is 462 g/mol. The van der Waals surface area contributed by atoms with E-state index >= 15 is 4.39 Å². The minimum absolute atomic E-state index is 0.202. The number of hydrogen-bond acceptors (Lipinski definition) is 5. The van der Waals surface area contributed by atoms with Gasteiger partial charge >= 0.3 is 6.09 Å². The first-order valence-corrected chi connectivity index (χ1v) is 10.9. The van der Waals surface area contributed by atoms with Gasteiger partial charge in [0.15, 0.2) is 0 Å². The van der Waals surface area contributed by atoms with Crippen LogP contribution in [0.4, 0.5) is 14.9 Å². The maximum absolute atomic E-state index is 15.1. The van der Waals surface area contributed by atoms with Crippen molar-refractivity contribution in [2.24, 2.45) is 0 Å². The standard InChI is InChI=1S/C24H23FN6O3/c1-15(32)26-13-20-14-31(24(33)34-20)19-3-4-21(22(25)11-19)16-2-5-23-17(10-16)6-8-30(23)9-7-18-12-27-29-28-18/h2-6,8,10-12,20H,7,9,13-14H2,1H3,(H,26,32)(H,27,28,29)/t20-/m0/s1. The third-order valence-electron chi connectivity index (χ3n) is 5.87. The molecule has 5 rings (SSSR count). The molecule has 9 nitrogen and oxygen atoms in total. The van der Waals surface area contributed by atoms with Crippen LogP contribution in [0.15, 0.2) is 54.9 Å². The van der Waals surface area contributed by atoms with Crippen molar-refractivity contribution in [2.45, 2.75) is 26.0 Å². The van der Waals surface area contributed by atoms with E-state index in [-0.39, 0.29) is 19.0 Å². The largest absolute Gasteiger partial charge is 0.442 e. The summed E-state index contributed by atoms with van der Waals surface area (Å²) in [7, 11) is 0. The highest BCUT2D eigenvalue weighted by molar-refractivity contribution is 5.91. The number of ether oxygens (including phenoxy) is 1. The number of cyclic esters (lactones) is 1. The molecule has 0 bridgehead atoms. The molecule has 2 N–H and O–H groups in total. The number of halogens is 1. The van der Waals surface area contributed by atoms with Crippen molar-refractivity contribution in [3.8, 4) is 11.1 Å². The van der Waals surface area contributed by atoms with Crippen LogP contribution in [0.5, 0.6) is 0 Å². The van der Waals surface area contributed by atoms with Gasteiger partial charge < -0.3 is 14.6 Å². The van der Waals surface area contributed by atoms with Gasteiger partial charge in [0.05, 0.1) is 30.7 Å². The number of anilines is 1. The lowest BCUT2D eigenvalue weighted by molar-refractivity contribution is -0.119. The first-order chi connectivity index (χ1) is 16.5. The van der Waals surface area contributed by atoms with Crippen molar-refractivity contribution in [3.63, 3.8) is 0 Å². The molecule has 2 amide bonds. The van der Waals surface area contributed by atoms with Crippen molar-refractivity contribution in [1.82, 2.24) is 25.3 Å². The first-order valence-electron chi connectivity index (χ1n) is 10.9. The predicted octanol–water partition coefficient (Wildman–Crippen LogP) is 3.27. The van der Waals surface area contributed by atoms with Crippen LogP contribution in [0.2, 0.25) is 0 Å². The highest BCUT2D eigenvalue weighted by Gasteiger charge is 2.32. The molecule has 0 spiro atoms. The Kier molecular flexibility index (Phi) is 5.70. The van der Waals surface area contributed by atoms with Crippen LogP contribution in [0, 0.1) is 5.82 Å². The van der Waals surface area contributed by atoms with Crippen LogP contribution < -0.4 is 10.2 Å². The number of carbonyl (C=O) groups is 2. The van der Waals surface area contributed by atoms with Crippen LogP contribution in [0.1, 0.15) is 12.6 Å². The monoisotopic (exact) mass is 462 g/mol. The van der Waals surface area contributed by atoms with Crippen molar-refractivity contribution in [2.75, 3.05) is 18.0 Å². The number of nitrogens with zero attached hydrogens (tertiary/aromatic N) is 4. The number of aromatic amines is 1. The van der Waals surface area contributed by atoms with Gasteiger partial charge in [-0.2, -0.15) is 15.4 Å². The van der Waals surface area contributed by atoms with Crippen molar-refractivity contribution < 1.29 is 18.7 Å². The zero-order valence-corrected chi connectivity index (χ0v) is 18.5. The summed E-state index contributed by atoms with van der Waals surface area (Å²) in [4.78, 5) is 24.7. The van der Waals surface area contributed by atoms with E-state index in [2.05, 4.69) is 25.3 Å². The summed E-state index contributed by atoms with van der Waals surface area (Å²) < 4.78 is 22.5. The van der Waals surface area contributed by atoms with E-state index < -0.39 is 18.0 Å². The second-order valence-electron chi connectivity index (χ2n) is 8.21. The van der Waals surface area contributed by atoms with Crippen molar-refractivity contribution in [1.29, 1.82) is 0 Å². The molecule has 34 heavy (non-hydrogen) atoms. The zero-order valence-electron chi connectivity index (χ0n) is 18.5. The Balaban J connectivity index is 1.32. The molecule has 2 aromatic carbocycles. The number of H-pyrrole nitrogens is 1. The molecule has 10 heteroatoms. The van der Waals surface area contributed by atoms with Crippen LogP contribution in [-0.2, 0) is 22.5 Å². The summed E-state index contributed by atoms with van der Waals surface area (Å²) in [5, 5.41) is 14.2. The molecule has 0 saturated carbocycles. The Hall–Kier alpha value is -4.21. The molecule has 4 aromatic rings. The lowest BCUT2D eigenvalue weighted by atomic mass is 10.0. The lowest BCUT2D eigenvalue weighted by Gasteiger charge is -2.15. The Labute approximate surface area is 194 Å². The SMILES string of the molecule is CC(=O)NC[C@H]1CN(c2ccc(-c3ccc4c(ccn4CCc4cn[nH]n4)c3)c(F)c2)C(=O)O1. The van der Waals surface area contributed by atoms with Crippen LogP contribution in [0.3, 0.4) is 0 Å². The average Bonchev–Trinajstić information content (AvgIpc) is 3.56. The van der Waals surface area contributed by atoms with E-state index in [1.807, 2.05) is 30.5 Å². The molecule has 174 valence electrons. The molecule has 1 atom stereocenters. The molecule has 1 saturated heterocycles. The van der Waals surface area contributed by atoms with Gasteiger partial charge in [0.1, 0.15) is 11.9 Å². The quantitative estimate of drug-likeness (QED) is 0.439. The Morgan fingerprint density at radius 1 is 1.26 bits per heavy atom. The maximum Gasteiger partial charge on any atom is 0.414 e. The highest BCUT2D eigenvalue weighted by atomic mass is 19.1. The number of rotatable bonds is 7. The van der Waals surface area contributed by atoms with Crippen molar-refractivity contribution >= 4 is 28.6 Å². The number of carbonyl (C=O) groups excluding carboxylic acids is 2. The number of aryl methyl sites for hydroxylation is 2. The number of benzene rings is 2. The minimum atomic E-state index is -0.559. The molecular weight excluding hydrogens is 439 g/mol. The highest BCUT2D eigenvalue weighted by Crippen LogP contribution is 2.31. The first kappa shape index (κ1) is 21.6. The van der Waals surface area contributed by atoms with E-state index in [9.17, 15) is 9.59 Å². The van der Waals surface area contributed by atoms with Gasteiger partial charge in [-0.05, 0) is 42.0 Å². The summed E-state index contributed by atoms with van der Waals surface area (Å²) in [6.07, 6.45) is 3.43. The van der Waals surface area contributed by atoms with Gasteiger partial charge in [0, 0.05) is 42.6 Å². The number of nitrogens with one attached hydrogen (secondary N) is 2. The molecule has 2 aromatic heterocycles. The molecule has 1 fully saturated rings. The fourth-order valence-electron chi connectivity index (χ4n) is 4.15. The summed E-state index contributed by atoms with van der Waals surface area (Å²) in [6, 6.07) is 12.5. The van der Waals surface area contributed by atoms with E-state index in [4.69, 9.17) is 4.74 Å². The Morgan fingerprint density at radius 2 is 2.15 bits per heavy atom. The molecule has 1 aliphatic rings. The molecule has 3 heterocycles. The van der Waals surface area contributed by atoms with E-state index in [1.165, 1.54) is 17.9 Å². The molecule has 0 unspecified atom stereocenters. The minimum Gasteiger partial charge on any atom is -0.442 e. The van der Waals surface area contributed by atoms with E-state index in [1.54, 1.807) is 18.3 Å². The second-order valence-corrected chi connectivity index (χ2v) is 8.21. The second kappa shape index (κ2) is 8.97. The summed E-state index contributed by atoms with van der Waals surface area (Å²) in [5.41, 5.74) is 3.55. The van der Waals surface area contributed by atoms with E-state index in [0.29, 0.717) is 11.3 Å². The molecule has 0 aliphatic carbocycles. The fourth-order valence-corrected chi connectivity index (χ4v) is 4.15. The topological polar surface area (TPSA) is 105 Å². The lowest BCUT2D eigenvalue weighted by Crippen LogP contribution is -2.33. The molecule has 1 aliphatic heterocycles.